The van der Waals surface area contributed by atoms with Crippen molar-refractivity contribution in [2.45, 2.75) is 58.5 Å². The average molecular weight is 257 g/mol. The molecule has 0 unspecified atom stereocenters. The molecule has 18 heavy (non-hydrogen) atoms. The minimum atomic E-state index is -0.0106. The van der Waals surface area contributed by atoms with Crippen LogP contribution in [0.5, 0.6) is 0 Å². The summed E-state index contributed by atoms with van der Waals surface area (Å²) in [7, 11) is 1.75. The van der Waals surface area contributed by atoms with Crippen molar-refractivity contribution < 1.29 is 9.47 Å². The molecule has 0 amide bonds. The summed E-state index contributed by atoms with van der Waals surface area (Å²) >= 11 is 0. The first-order valence-electron chi connectivity index (χ1n) is 7.31. The van der Waals surface area contributed by atoms with Crippen LogP contribution < -0.4 is 5.32 Å². The topological polar surface area (TPSA) is 30.5 Å². The highest BCUT2D eigenvalue weighted by Crippen LogP contribution is 2.40. The molecule has 1 fully saturated rings. The van der Waals surface area contributed by atoms with Crippen molar-refractivity contribution in [2.24, 2.45) is 5.41 Å². The summed E-state index contributed by atoms with van der Waals surface area (Å²) in [5.74, 6) is 0. The maximum Gasteiger partial charge on any atom is 0.0598 e. The molecule has 0 aromatic carbocycles. The summed E-state index contributed by atoms with van der Waals surface area (Å²) in [5, 5.41) is 3.54. The van der Waals surface area contributed by atoms with E-state index in [1.165, 1.54) is 32.1 Å². The van der Waals surface area contributed by atoms with Gasteiger partial charge in [-0.05, 0) is 45.4 Å². The van der Waals surface area contributed by atoms with E-state index >= 15 is 0 Å². The molecule has 0 radical (unpaired) electrons. The normalized spacial score (nSPS) is 19.3. The maximum atomic E-state index is 5.89. The van der Waals surface area contributed by atoms with Gasteiger partial charge in [-0.3, -0.25) is 0 Å². The molecule has 0 aromatic rings. The molecule has 1 N–H and O–H groups in total. The second-order valence-corrected chi connectivity index (χ2v) is 6.59. The van der Waals surface area contributed by atoms with Crippen LogP contribution in [-0.2, 0) is 9.47 Å². The van der Waals surface area contributed by atoms with E-state index in [0.717, 1.165) is 26.3 Å². The smallest absolute Gasteiger partial charge is 0.0598 e. The number of ether oxygens (including phenoxy) is 2. The quantitative estimate of drug-likeness (QED) is 0.678. The lowest BCUT2D eigenvalue weighted by molar-refractivity contribution is -0.0184. The van der Waals surface area contributed by atoms with Crippen molar-refractivity contribution in [3.05, 3.63) is 0 Å². The second kappa shape index (κ2) is 7.46. The van der Waals surface area contributed by atoms with Gasteiger partial charge < -0.3 is 14.8 Å². The molecular formula is C15H31NO2. The third-order valence-corrected chi connectivity index (χ3v) is 3.81. The standard InChI is InChI=1S/C15H31NO2/c1-14(2,3)18-11-9-15(7-5-6-8-15)13-16-10-12-17-4/h16H,5-13H2,1-4H3. The molecule has 0 bridgehead atoms. The molecular weight excluding hydrogens is 226 g/mol. The minimum absolute atomic E-state index is 0.0106. The Kier molecular flexibility index (Phi) is 6.61. The lowest BCUT2D eigenvalue weighted by atomic mass is 9.83. The Morgan fingerprint density at radius 1 is 1.11 bits per heavy atom. The van der Waals surface area contributed by atoms with Gasteiger partial charge in [-0.1, -0.05) is 12.8 Å². The van der Waals surface area contributed by atoms with Crippen LogP contribution in [0, 0.1) is 5.41 Å². The molecule has 1 aliphatic rings. The van der Waals surface area contributed by atoms with Crippen molar-refractivity contribution in [2.75, 3.05) is 33.4 Å². The molecule has 0 aliphatic heterocycles. The predicted octanol–water partition coefficient (Wildman–Crippen LogP) is 2.99. The zero-order valence-electron chi connectivity index (χ0n) is 12.7. The molecule has 1 saturated carbocycles. The van der Waals surface area contributed by atoms with Crippen LogP contribution in [0.4, 0.5) is 0 Å². The van der Waals surface area contributed by atoms with Gasteiger partial charge in [-0.2, -0.15) is 0 Å². The Balaban J connectivity index is 2.29. The number of methoxy groups -OCH3 is 1. The van der Waals surface area contributed by atoms with E-state index in [-0.39, 0.29) is 5.60 Å². The first-order chi connectivity index (χ1) is 8.47. The van der Waals surface area contributed by atoms with Gasteiger partial charge in [0.2, 0.25) is 0 Å². The Morgan fingerprint density at radius 3 is 2.33 bits per heavy atom. The fourth-order valence-electron chi connectivity index (χ4n) is 2.74. The summed E-state index contributed by atoms with van der Waals surface area (Å²) in [6.45, 7) is 10.1. The van der Waals surface area contributed by atoms with E-state index < -0.39 is 0 Å². The Labute approximate surface area is 113 Å². The van der Waals surface area contributed by atoms with E-state index in [1.54, 1.807) is 7.11 Å². The van der Waals surface area contributed by atoms with Crippen molar-refractivity contribution in [3.8, 4) is 0 Å². The molecule has 0 heterocycles. The lowest BCUT2D eigenvalue weighted by Gasteiger charge is -2.31. The van der Waals surface area contributed by atoms with Gasteiger partial charge >= 0.3 is 0 Å². The van der Waals surface area contributed by atoms with Gasteiger partial charge in [0, 0.05) is 26.8 Å². The summed E-state index contributed by atoms with van der Waals surface area (Å²) in [6, 6.07) is 0. The zero-order chi connectivity index (χ0) is 13.5. The highest BCUT2D eigenvalue weighted by Gasteiger charge is 2.33. The van der Waals surface area contributed by atoms with E-state index in [0.29, 0.717) is 5.41 Å². The predicted molar refractivity (Wildman–Crippen MR) is 76.0 cm³/mol. The van der Waals surface area contributed by atoms with Crippen LogP contribution in [0.25, 0.3) is 0 Å². The van der Waals surface area contributed by atoms with Crippen LogP contribution in [-0.4, -0.2) is 39.0 Å². The van der Waals surface area contributed by atoms with Gasteiger partial charge in [-0.25, -0.2) is 0 Å². The lowest BCUT2D eigenvalue weighted by Crippen LogP contribution is -2.35. The number of hydrogen-bond donors (Lipinski definition) is 1. The second-order valence-electron chi connectivity index (χ2n) is 6.59. The Morgan fingerprint density at radius 2 is 1.78 bits per heavy atom. The minimum Gasteiger partial charge on any atom is -0.383 e. The zero-order valence-corrected chi connectivity index (χ0v) is 12.7. The molecule has 0 atom stereocenters. The van der Waals surface area contributed by atoms with Crippen LogP contribution in [0.1, 0.15) is 52.9 Å². The average Bonchev–Trinajstić information content (AvgIpc) is 2.72. The van der Waals surface area contributed by atoms with Gasteiger partial charge in [-0.15, -0.1) is 0 Å². The Bertz CT molecular complexity index is 217. The van der Waals surface area contributed by atoms with Gasteiger partial charge in [0.25, 0.3) is 0 Å². The van der Waals surface area contributed by atoms with Crippen molar-refractivity contribution in [3.63, 3.8) is 0 Å². The summed E-state index contributed by atoms with van der Waals surface area (Å²) in [6.07, 6.45) is 6.63. The van der Waals surface area contributed by atoms with Crippen molar-refractivity contribution >= 4 is 0 Å². The molecule has 0 aromatic heterocycles. The van der Waals surface area contributed by atoms with Crippen LogP contribution in [0.15, 0.2) is 0 Å². The fourth-order valence-corrected chi connectivity index (χ4v) is 2.74. The SMILES string of the molecule is COCCNCC1(CCOC(C)(C)C)CCCC1. The molecule has 3 nitrogen and oxygen atoms in total. The highest BCUT2D eigenvalue weighted by molar-refractivity contribution is 4.86. The first-order valence-corrected chi connectivity index (χ1v) is 7.31. The fraction of sp³-hybridized carbons (Fsp3) is 1.00. The number of nitrogens with one attached hydrogen (secondary N) is 1. The maximum absolute atomic E-state index is 5.89. The van der Waals surface area contributed by atoms with Crippen LogP contribution in [0.3, 0.4) is 0 Å². The van der Waals surface area contributed by atoms with E-state index in [9.17, 15) is 0 Å². The van der Waals surface area contributed by atoms with E-state index in [4.69, 9.17) is 9.47 Å². The summed E-state index contributed by atoms with van der Waals surface area (Å²) in [5.41, 5.74) is 0.461. The summed E-state index contributed by atoms with van der Waals surface area (Å²) < 4.78 is 11.0. The first kappa shape index (κ1) is 15.9. The molecule has 1 aliphatic carbocycles. The van der Waals surface area contributed by atoms with Crippen molar-refractivity contribution in [1.82, 2.24) is 5.32 Å². The van der Waals surface area contributed by atoms with E-state index in [1.807, 2.05) is 0 Å². The van der Waals surface area contributed by atoms with Gasteiger partial charge in [0.05, 0.1) is 12.2 Å². The molecule has 0 spiro atoms. The molecule has 3 heteroatoms. The highest BCUT2D eigenvalue weighted by atomic mass is 16.5. The monoisotopic (exact) mass is 257 g/mol. The largest absolute Gasteiger partial charge is 0.383 e. The third kappa shape index (κ3) is 6.17. The molecule has 1 rings (SSSR count). The Hall–Kier alpha value is -0.120. The number of hydrogen-bond acceptors (Lipinski definition) is 3. The van der Waals surface area contributed by atoms with E-state index in [2.05, 4.69) is 26.1 Å². The third-order valence-electron chi connectivity index (χ3n) is 3.81. The molecule has 108 valence electrons. The summed E-state index contributed by atoms with van der Waals surface area (Å²) in [4.78, 5) is 0. The van der Waals surface area contributed by atoms with Gasteiger partial charge in [0.1, 0.15) is 0 Å². The van der Waals surface area contributed by atoms with Crippen molar-refractivity contribution in [1.29, 1.82) is 0 Å². The number of rotatable bonds is 8. The van der Waals surface area contributed by atoms with Crippen LogP contribution in [0.2, 0.25) is 0 Å². The molecule has 0 saturated heterocycles. The van der Waals surface area contributed by atoms with Crippen LogP contribution >= 0.6 is 0 Å². The van der Waals surface area contributed by atoms with Gasteiger partial charge in [0.15, 0.2) is 0 Å².